The Bertz CT molecular complexity index is 698. The van der Waals surface area contributed by atoms with Crippen LogP contribution < -0.4 is 10.5 Å². The Morgan fingerprint density at radius 1 is 1.24 bits per heavy atom. The van der Waals surface area contributed by atoms with Gasteiger partial charge in [-0.3, -0.25) is 9.78 Å². The molecule has 0 unspecified atom stereocenters. The molecular weight excluding hydrogens is 272 g/mol. The Morgan fingerprint density at radius 3 is 2.62 bits per heavy atom. The molecule has 0 atom stereocenters. The number of carboxylic acid groups (broad SMARTS) is 1. The van der Waals surface area contributed by atoms with E-state index in [0.29, 0.717) is 11.3 Å². The van der Waals surface area contributed by atoms with Gasteiger partial charge in [-0.05, 0) is 36.2 Å². The number of aromatic nitrogens is 1. The number of carboxylic acids is 1. The second kappa shape index (κ2) is 6.04. The summed E-state index contributed by atoms with van der Waals surface area (Å²) in [5.74, 6) is -1.17. The van der Waals surface area contributed by atoms with Crippen LogP contribution in [0.2, 0.25) is 0 Å². The van der Waals surface area contributed by atoms with E-state index in [1.165, 1.54) is 18.5 Å². The zero-order chi connectivity index (χ0) is 15.4. The molecule has 2 aromatic rings. The number of carbonyl (C=O) groups is 2. The van der Waals surface area contributed by atoms with E-state index < -0.39 is 11.9 Å². The van der Waals surface area contributed by atoms with Crippen LogP contribution in [0.3, 0.4) is 0 Å². The van der Waals surface area contributed by atoms with Gasteiger partial charge in [0.25, 0.3) is 0 Å². The highest BCUT2D eigenvalue weighted by Gasteiger charge is 2.07. The van der Waals surface area contributed by atoms with Crippen molar-refractivity contribution in [2.75, 3.05) is 0 Å². The van der Waals surface area contributed by atoms with Crippen molar-refractivity contribution < 1.29 is 19.4 Å². The molecule has 0 aliphatic heterocycles. The maximum atomic E-state index is 11.1. The number of hydrogen-bond acceptors (Lipinski definition) is 4. The summed E-state index contributed by atoms with van der Waals surface area (Å²) in [4.78, 5) is 25.7. The van der Waals surface area contributed by atoms with Crippen LogP contribution in [-0.4, -0.2) is 22.0 Å². The van der Waals surface area contributed by atoms with E-state index in [1.54, 1.807) is 18.2 Å². The van der Waals surface area contributed by atoms with Gasteiger partial charge in [-0.25, -0.2) is 4.79 Å². The molecule has 6 nitrogen and oxygen atoms in total. The van der Waals surface area contributed by atoms with Gasteiger partial charge in [0.1, 0.15) is 12.4 Å². The van der Waals surface area contributed by atoms with Gasteiger partial charge in [-0.2, -0.15) is 0 Å². The van der Waals surface area contributed by atoms with Crippen LogP contribution >= 0.6 is 0 Å². The smallest absolute Gasteiger partial charge is 0.337 e. The number of primary amides is 1. The molecule has 0 aliphatic carbocycles. The Kier molecular flexibility index (Phi) is 4.18. The maximum absolute atomic E-state index is 11.1. The molecule has 0 radical (unpaired) electrons. The molecule has 6 heteroatoms. The van der Waals surface area contributed by atoms with Crippen LogP contribution in [0.25, 0.3) is 0 Å². The minimum Gasteiger partial charge on any atom is -0.487 e. The monoisotopic (exact) mass is 286 g/mol. The molecule has 2 rings (SSSR count). The molecule has 1 amide bonds. The predicted molar refractivity (Wildman–Crippen MR) is 75.2 cm³/mol. The van der Waals surface area contributed by atoms with Crippen molar-refractivity contribution >= 4 is 11.9 Å². The van der Waals surface area contributed by atoms with Gasteiger partial charge in [-0.1, -0.05) is 6.07 Å². The molecule has 0 saturated carbocycles. The fourth-order valence-electron chi connectivity index (χ4n) is 1.79. The number of amides is 1. The molecular formula is C15H14N2O4. The standard InChI is InChI=1S/C15H14N2O4/c1-9-4-10(14(16)18)2-3-11(9)8-21-13-5-12(15(19)20)6-17-7-13/h2-7H,8H2,1H3,(H2,16,18)(H,19,20). The molecule has 1 aromatic heterocycles. The van der Waals surface area contributed by atoms with Crippen molar-refractivity contribution in [3.8, 4) is 5.75 Å². The van der Waals surface area contributed by atoms with Crippen molar-refractivity contribution in [1.82, 2.24) is 4.98 Å². The first-order chi connectivity index (χ1) is 9.97. The van der Waals surface area contributed by atoms with E-state index in [-0.39, 0.29) is 12.2 Å². The number of ether oxygens (including phenoxy) is 1. The zero-order valence-electron chi connectivity index (χ0n) is 11.4. The first-order valence-electron chi connectivity index (χ1n) is 6.18. The summed E-state index contributed by atoms with van der Waals surface area (Å²) in [5.41, 5.74) is 7.45. The number of rotatable bonds is 5. The first-order valence-corrected chi connectivity index (χ1v) is 6.18. The van der Waals surface area contributed by atoms with Crippen molar-refractivity contribution in [2.45, 2.75) is 13.5 Å². The number of aryl methyl sites for hydroxylation is 1. The lowest BCUT2D eigenvalue weighted by Gasteiger charge is -2.09. The lowest BCUT2D eigenvalue weighted by molar-refractivity contribution is 0.0695. The predicted octanol–water partition coefficient (Wildman–Crippen LogP) is 1.77. The highest BCUT2D eigenvalue weighted by Crippen LogP contribution is 2.16. The molecule has 0 aliphatic rings. The van der Waals surface area contributed by atoms with Gasteiger partial charge < -0.3 is 15.6 Å². The fraction of sp³-hybridized carbons (Fsp3) is 0.133. The number of hydrogen-bond donors (Lipinski definition) is 2. The average molecular weight is 286 g/mol. The van der Waals surface area contributed by atoms with E-state index in [9.17, 15) is 9.59 Å². The fourth-order valence-corrected chi connectivity index (χ4v) is 1.79. The number of nitrogens with zero attached hydrogens (tertiary/aromatic N) is 1. The topological polar surface area (TPSA) is 103 Å². The maximum Gasteiger partial charge on any atom is 0.337 e. The SMILES string of the molecule is Cc1cc(C(N)=O)ccc1COc1cncc(C(=O)O)c1. The third kappa shape index (κ3) is 3.56. The van der Waals surface area contributed by atoms with E-state index in [4.69, 9.17) is 15.6 Å². The zero-order valence-corrected chi connectivity index (χ0v) is 11.4. The summed E-state index contributed by atoms with van der Waals surface area (Å²) >= 11 is 0. The molecule has 1 heterocycles. The van der Waals surface area contributed by atoms with Crippen LogP contribution in [0.15, 0.2) is 36.7 Å². The summed E-state index contributed by atoms with van der Waals surface area (Å²) in [6.07, 6.45) is 2.70. The minimum absolute atomic E-state index is 0.0632. The first kappa shape index (κ1) is 14.5. The van der Waals surface area contributed by atoms with E-state index in [1.807, 2.05) is 6.92 Å². The van der Waals surface area contributed by atoms with Crippen LogP contribution in [-0.2, 0) is 6.61 Å². The lowest BCUT2D eigenvalue weighted by atomic mass is 10.1. The summed E-state index contributed by atoms with van der Waals surface area (Å²) in [7, 11) is 0. The number of carbonyl (C=O) groups excluding carboxylic acids is 1. The molecule has 1 aromatic carbocycles. The van der Waals surface area contributed by atoms with E-state index >= 15 is 0 Å². The molecule has 3 N–H and O–H groups in total. The van der Waals surface area contributed by atoms with Crippen molar-refractivity contribution in [3.05, 3.63) is 58.9 Å². The average Bonchev–Trinajstić information content (AvgIpc) is 2.46. The molecule has 0 bridgehead atoms. The van der Waals surface area contributed by atoms with E-state index in [2.05, 4.69) is 4.98 Å². The van der Waals surface area contributed by atoms with Crippen LogP contribution in [0.1, 0.15) is 31.8 Å². The normalized spacial score (nSPS) is 10.1. The third-order valence-electron chi connectivity index (χ3n) is 2.98. The Morgan fingerprint density at radius 2 is 2.00 bits per heavy atom. The van der Waals surface area contributed by atoms with Gasteiger partial charge in [-0.15, -0.1) is 0 Å². The lowest BCUT2D eigenvalue weighted by Crippen LogP contribution is -2.11. The second-order valence-electron chi connectivity index (χ2n) is 4.51. The van der Waals surface area contributed by atoms with Gasteiger partial charge >= 0.3 is 5.97 Å². The Hall–Kier alpha value is -2.89. The van der Waals surface area contributed by atoms with Crippen LogP contribution in [0.4, 0.5) is 0 Å². The quantitative estimate of drug-likeness (QED) is 0.872. The Labute approximate surface area is 121 Å². The molecule has 0 saturated heterocycles. The molecule has 0 fully saturated rings. The highest BCUT2D eigenvalue weighted by molar-refractivity contribution is 5.93. The number of benzene rings is 1. The summed E-state index contributed by atoms with van der Waals surface area (Å²) < 4.78 is 5.52. The van der Waals surface area contributed by atoms with Crippen LogP contribution in [0.5, 0.6) is 5.75 Å². The number of aromatic carboxylic acids is 1. The number of nitrogens with two attached hydrogens (primary N) is 1. The van der Waals surface area contributed by atoms with E-state index in [0.717, 1.165) is 11.1 Å². The molecule has 108 valence electrons. The highest BCUT2D eigenvalue weighted by atomic mass is 16.5. The summed E-state index contributed by atoms with van der Waals surface area (Å²) in [6.45, 7) is 2.09. The van der Waals surface area contributed by atoms with Crippen LogP contribution in [0, 0.1) is 6.92 Å². The van der Waals surface area contributed by atoms with Crippen molar-refractivity contribution in [1.29, 1.82) is 0 Å². The summed E-state index contributed by atoms with van der Waals surface area (Å²) in [5, 5.41) is 8.88. The van der Waals surface area contributed by atoms with Gasteiger partial charge in [0.05, 0.1) is 11.8 Å². The number of pyridine rings is 1. The van der Waals surface area contributed by atoms with Crippen molar-refractivity contribution in [2.24, 2.45) is 5.73 Å². The third-order valence-corrected chi connectivity index (χ3v) is 2.98. The largest absolute Gasteiger partial charge is 0.487 e. The van der Waals surface area contributed by atoms with Gasteiger partial charge in [0.2, 0.25) is 5.91 Å². The second-order valence-corrected chi connectivity index (χ2v) is 4.51. The molecule has 21 heavy (non-hydrogen) atoms. The van der Waals surface area contributed by atoms with Crippen molar-refractivity contribution in [3.63, 3.8) is 0 Å². The Balaban J connectivity index is 2.11. The summed E-state index contributed by atoms with van der Waals surface area (Å²) in [6, 6.07) is 6.47. The molecule has 0 spiro atoms. The minimum atomic E-state index is -1.06. The van der Waals surface area contributed by atoms with Gasteiger partial charge in [0.15, 0.2) is 0 Å². The van der Waals surface area contributed by atoms with Gasteiger partial charge in [0, 0.05) is 11.8 Å².